The van der Waals surface area contributed by atoms with Crippen LogP contribution in [0.25, 0.3) is 0 Å². The second kappa shape index (κ2) is 5.27. The molecule has 7 nitrogen and oxygen atoms in total. The number of aromatic nitrogens is 3. The van der Waals surface area contributed by atoms with Gasteiger partial charge in [-0.3, -0.25) is 10.1 Å². The van der Waals surface area contributed by atoms with Gasteiger partial charge in [0.05, 0.1) is 4.92 Å². The number of nitro groups is 1. The lowest BCUT2D eigenvalue weighted by molar-refractivity contribution is -0.389. The molecular weight excluding hydrogens is 274 g/mol. The summed E-state index contributed by atoms with van der Waals surface area (Å²) in [5.41, 5.74) is 0.257. The van der Waals surface area contributed by atoms with Crippen LogP contribution in [0.15, 0.2) is 20.9 Å². The van der Waals surface area contributed by atoms with E-state index < -0.39 is 4.92 Å². The van der Waals surface area contributed by atoms with Crippen molar-refractivity contribution in [2.24, 2.45) is 0 Å². The Balaban J connectivity index is 2.48. The molecule has 0 radical (unpaired) electrons. The molecule has 0 bridgehead atoms. The predicted octanol–water partition coefficient (Wildman–Crippen LogP) is 2.34. The van der Waals surface area contributed by atoms with Crippen LogP contribution in [0.4, 0.5) is 11.6 Å². The Labute approximate surface area is 111 Å². The molecule has 0 saturated heterocycles. The zero-order valence-corrected chi connectivity index (χ0v) is 11.2. The quantitative estimate of drug-likeness (QED) is 0.523. The second-order valence-corrected chi connectivity index (χ2v) is 5.32. The van der Waals surface area contributed by atoms with Crippen molar-refractivity contribution >= 4 is 34.7 Å². The number of hydrogen-bond acceptors (Lipinski definition) is 8. The van der Waals surface area contributed by atoms with Gasteiger partial charge in [0.25, 0.3) is 0 Å². The first-order valence-corrected chi connectivity index (χ1v) is 6.59. The van der Waals surface area contributed by atoms with E-state index in [2.05, 4.69) is 20.3 Å². The Kier molecular flexibility index (Phi) is 3.72. The van der Waals surface area contributed by atoms with E-state index >= 15 is 0 Å². The third-order valence-corrected chi connectivity index (χ3v) is 3.89. The van der Waals surface area contributed by atoms with Crippen molar-refractivity contribution in [2.75, 3.05) is 12.4 Å². The lowest BCUT2D eigenvalue weighted by Crippen LogP contribution is -2.04. The van der Waals surface area contributed by atoms with E-state index in [4.69, 9.17) is 0 Å². The van der Waals surface area contributed by atoms with E-state index in [0.29, 0.717) is 21.0 Å². The highest BCUT2D eigenvalue weighted by molar-refractivity contribution is 8.01. The van der Waals surface area contributed by atoms with Gasteiger partial charge in [-0.15, -0.1) is 11.3 Å². The predicted molar refractivity (Wildman–Crippen MR) is 69.2 cm³/mol. The van der Waals surface area contributed by atoms with Crippen LogP contribution in [0.2, 0.25) is 0 Å². The molecule has 0 fully saturated rings. The molecule has 0 unspecified atom stereocenters. The molecule has 2 heterocycles. The lowest BCUT2D eigenvalue weighted by atomic mass is 10.4. The molecule has 2 aromatic heterocycles. The summed E-state index contributed by atoms with van der Waals surface area (Å²) in [5.74, 6) is 0.358. The summed E-state index contributed by atoms with van der Waals surface area (Å²) >= 11 is 2.57. The van der Waals surface area contributed by atoms with Crippen molar-refractivity contribution in [1.29, 1.82) is 0 Å². The number of thiazole rings is 1. The average molecular weight is 283 g/mol. The molecule has 94 valence electrons. The zero-order chi connectivity index (χ0) is 13.1. The Morgan fingerprint density at radius 3 is 2.83 bits per heavy atom. The van der Waals surface area contributed by atoms with Crippen molar-refractivity contribution in [3.8, 4) is 0 Å². The third kappa shape index (κ3) is 2.57. The largest absolute Gasteiger partial charge is 0.357 e. The maximum absolute atomic E-state index is 11.0. The summed E-state index contributed by atoms with van der Waals surface area (Å²) in [6.07, 6.45) is 1.64. The fraction of sp³-hybridized carbons (Fsp3) is 0.222. The molecule has 18 heavy (non-hydrogen) atoms. The van der Waals surface area contributed by atoms with Gasteiger partial charge in [0.2, 0.25) is 5.95 Å². The topological polar surface area (TPSA) is 93.8 Å². The van der Waals surface area contributed by atoms with Crippen molar-refractivity contribution < 1.29 is 4.92 Å². The number of aryl methyl sites for hydroxylation is 1. The molecule has 2 aromatic rings. The highest BCUT2D eigenvalue weighted by atomic mass is 32.2. The highest BCUT2D eigenvalue weighted by Gasteiger charge is 2.23. The van der Waals surface area contributed by atoms with Crippen molar-refractivity contribution in [3.63, 3.8) is 0 Å². The molecule has 0 spiro atoms. The van der Waals surface area contributed by atoms with Gasteiger partial charge in [0.1, 0.15) is 5.69 Å². The van der Waals surface area contributed by atoms with Crippen LogP contribution in [0.1, 0.15) is 5.69 Å². The zero-order valence-electron chi connectivity index (χ0n) is 9.58. The Hall–Kier alpha value is -1.74. The molecular formula is C9H9N5O2S2. The number of nitrogens with zero attached hydrogens (tertiary/aromatic N) is 4. The summed E-state index contributed by atoms with van der Waals surface area (Å²) < 4.78 is 0.707. The van der Waals surface area contributed by atoms with Crippen LogP contribution >= 0.6 is 23.1 Å². The number of hydrogen-bond donors (Lipinski definition) is 1. The van der Waals surface area contributed by atoms with E-state index in [1.165, 1.54) is 23.1 Å². The van der Waals surface area contributed by atoms with Gasteiger partial charge in [0.15, 0.2) is 9.37 Å². The van der Waals surface area contributed by atoms with Gasteiger partial charge in [-0.2, -0.15) is 4.98 Å². The van der Waals surface area contributed by atoms with E-state index in [1.807, 2.05) is 0 Å². The Bertz CT molecular complexity index is 573. The first-order valence-electron chi connectivity index (χ1n) is 4.90. The van der Waals surface area contributed by atoms with Gasteiger partial charge in [-0.1, -0.05) is 0 Å². The van der Waals surface area contributed by atoms with Crippen molar-refractivity contribution in [1.82, 2.24) is 15.0 Å². The molecule has 0 saturated carbocycles. The first-order chi connectivity index (χ1) is 8.61. The average Bonchev–Trinajstić information content (AvgIpc) is 2.80. The first kappa shape index (κ1) is 12.7. The van der Waals surface area contributed by atoms with E-state index in [1.54, 1.807) is 25.5 Å². The van der Waals surface area contributed by atoms with Gasteiger partial charge < -0.3 is 5.32 Å². The van der Waals surface area contributed by atoms with E-state index in [-0.39, 0.29) is 5.69 Å². The Morgan fingerprint density at radius 1 is 1.50 bits per heavy atom. The summed E-state index contributed by atoms with van der Waals surface area (Å²) in [6.45, 7) is 1.59. The highest BCUT2D eigenvalue weighted by Crippen LogP contribution is 2.35. The van der Waals surface area contributed by atoms with Crippen LogP contribution < -0.4 is 5.32 Å². The second-order valence-electron chi connectivity index (χ2n) is 3.19. The fourth-order valence-electron chi connectivity index (χ4n) is 1.28. The standard InChI is InChI=1S/C9H9N5O2S2/c1-5-6(14(15)16)7(13-8(10-2)12-5)18-9-11-3-4-17-9/h3-4H,1-2H3,(H,10,12,13). The minimum atomic E-state index is -0.468. The van der Waals surface area contributed by atoms with Gasteiger partial charge in [0, 0.05) is 18.6 Å². The lowest BCUT2D eigenvalue weighted by Gasteiger charge is -2.05. The van der Waals surface area contributed by atoms with Crippen molar-refractivity contribution in [2.45, 2.75) is 16.3 Å². The molecule has 9 heteroatoms. The minimum Gasteiger partial charge on any atom is -0.357 e. The minimum absolute atomic E-state index is 0.0748. The van der Waals surface area contributed by atoms with Crippen LogP contribution in [0.3, 0.4) is 0 Å². The molecule has 0 aliphatic rings. The van der Waals surface area contributed by atoms with Crippen LogP contribution in [-0.4, -0.2) is 26.9 Å². The summed E-state index contributed by atoms with van der Waals surface area (Å²) in [4.78, 5) is 22.8. The molecule has 0 aromatic carbocycles. The maximum atomic E-state index is 11.0. The maximum Gasteiger partial charge on any atom is 0.322 e. The SMILES string of the molecule is CNc1nc(C)c([N+](=O)[O-])c(Sc2nccs2)n1. The number of anilines is 1. The van der Waals surface area contributed by atoms with Gasteiger partial charge in [-0.25, -0.2) is 9.97 Å². The molecule has 0 atom stereocenters. The molecule has 1 N–H and O–H groups in total. The van der Waals surface area contributed by atoms with Crippen LogP contribution in [-0.2, 0) is 0 Å². The van der Waals surface area contributed by atoms with E-state index in [9.17, 15) is 10.1 Å². The summed E-state index contributed by atoms with van der Waals surface area (Å²) in [6, 6.07) is 0. The fourth-order valence-corrected chi connectivity index (χ4v) is 2.96. The number of rotatable bonds is 4. The monoisotopic (exact) mass is 283 g/mol. The van der Waals surface area contributed by atoms with Crippen LogP contribution in [0, 0.1) is 17.0 Å². The number of nitrogens with one attached hydrogen (secondary N) is 1. The van der Waals surface area contributed by atoms with Gasteiger partial charge >= 0.3 is 5.69 Å². The molecule has 0 amide bonds. The van der Waals surface area contributed by atoms with E-state index in [0.717, 1.165) is 0 Å². The summed E-state index contributed by atoms with van der Waals surface area (Å²) in [5, 5.41) is 15.9. The van der Waals surface area contributed by atoms with Gasteiger partial charge in [-0.05, 0) is 18.7 Å². The molecule has 0 aliphatic heterocycles. The normalized spacial score (nSPS) is 10.3. The smallest absolute Gasteiger partial charge is 0.322 e. The summed E-state index contributed by atoms with van der Waals surface area (Å²) in [7, 11) is 1.67. The molecule has 0 aliphatic carbocycles. The Morgan fingerprint density at radius 2 is 2.28 bits per heavy atom. The van der Waals surface area contributed by atoms with Crippen LogP contribution in [0.5, 0.6) is 0 Å². The van der Waals surface area contributed by atoms with Crippen molar-refractivity contribution in [3.05, 3.63) is 27.4 Å². The molecule has 2 rings (SSSR count). The third-order valence-electron chi connectivity index (χ3n) is 2.03.